The quantitative estimate of drug-likeness (QED) is 0.767. The monoisotopic (exact) mass is 236 g/mol. The molecule has 0 fully saturated rings. The Morgan fingerprint density at radius 3 is 2.82 bits per heavy atom. The van der Waals surface area contributed by atoms with Crippen LogP contribution in [0.2, 0.25) is 0 Å². The van der Waals surface area contributed by atoms with Gasteiger partial charge in [-0.25, -0.2) is 4.79 Å². The molecule has 94 valence electrons. The normalized spacial score (nSPS) is 12.5. The van der Waals surface area contributed by atoms with Crippen LogP contribution in [0.1, 0.15) is 32.4 Å². The van der Waals surface area contributed by atoms with E-state index in [0.717, 1.165) is 12.1 Å². The van der Waals surface area contributed by atoms with Gasteiger partial charge in [0.1, 0.15) is 6.04 Å². The molecular formula is C13H20N2O2. The van der Waals surface area contributed by atoms with Gasteiger partial charge in [-0.2, -0.15) is 0 Å². The molecule has 1 N–H and O–H groups in total. The van der Waals surface area contributed by atoms with Crippen molar-refractivity contribution in [3.8, 4) is 0 Å². The van der Waals surface area contributed by atoms with Crippen molar-refractivity contribution in [1.29, 1.82) is 0 Å². The Hall–Kier alpha value is -1.42. The van der Waals surface area contributed by atoms with E-state index in [-0.39, 0.29) is 5.97 Å². The molecular weight excluding hydrogens is 216 g/mol. The number of carbonyl (C=O) groups excluding carboxylic acids is 1. The molecule has 4 heteroatoms. The predicted octanol–water partition coefficient (Wildman–Crippen LogP) is 1.93. The van der Waals surface area contributed by atoms with Crippen LogP contribution in [0.25, 0.3) is 0 Å². The fourth-order valence-corrected chi connectivity index (χ4v) is 1.46. The fourth-order valence-electron chi connectivity index (χ4n) is 1.46. The standard InChI is InChI=1S/C13H20N2O2/c1-4-17-13(16)12(15-8-10(2)3)11-6-5-7-14-9-11/h5-7,9-10,12,15H,4,8H2,1-3H3. The minimum atomic E-state index is -0.425. The summed E-state index contributed by atoms with van der Waals surface area (Å²) in [6.45, 7) is 7.15. The van der Waals surface area contributed by atoms with Crippen LogP contribution < -0.4 is 5.32 Å². The molecule has 0 amide bonds. The number of hydrogen-bond donors (Lipinski definition) is 1. The highest BCUT2D eigenvalue weighted by atomic mass is 16.5. The maximum atomic E-state index is 11.8. The number of hydrogen-bond acceptors (Lipinski definition) is 4. The Kier molecular flexibility index (Phi) is 5.63. The highest BCUT2D eigenvalue weighted by Gasteiger charge is 2.21. The summed E-state index contributed by atoms with van der Waals surface area (Å²) in [5, 5.41) is 3.21. The Labute approximate surface area is 102 Å². The van der Waals surface area contributed by atoms with Gasteiger partial charge in [0.25, 0.3) is 0 Å². The molecule has 1 unspecified atom stereocenters. The van der Waals surface area contributed by atoms with Gasteiger partial charge in [0.15, 0.2) is 0 Å². The molecule has 17 heavy (non-hydrogen) atoms. The van der Waals surface area contributed by atoms with E-state index in [1.165, 1.54) is 0 Å². The molecule has 1 rings (SSSR count). The van der Waals surface area contributed by atoms with Crippen LogP contribution in [0.5, 0.6) is 0 Å². The van der Waals surface area contributed by atoms with E-state index in [1.807, 2.05) is 12.1 Å². The molecule has 0 saturated carbocycles. The van der Waals surface area contributed by atoms with E-state index in [4.69, 9.17) is 4.74 Å². The van der Waals surface area contributed by atoms with E-state index in [0.29, 0.717) is 12.5 Å². The maximum absolute atomic E-state index is 11.8. The molecule has 1 atom stereocenters. The highest BCUT2D eigenvalue weighted by molar-refractivity contribution is 5.77. The summed E-state index contributed by atoms with van der Waals surface area (Å²) in [6, 6.07) is 3.27. The molecule has 0 aliphatic heterocycles. The van der Waals surface area contributed by atoms with Gasteiger partial charge in [-0.15, -0.1) is 0 Å². The van der Waals surface area contributed by atoms with E-state index < -0.39 is 6.04 Å². The lowest BCUT2D eigenvalue weighted by molar-refractivity contribution is -0.145. The van der Waals surface area contributed by atoms with Crippen molar-refractivity contribution < 1.29 is 9.53 Å². The second kappa shape index (κ2) is 7.01. The summed E-state index contributed by atoms with van der Waals surface area (Å²) in [7, 11) is 0. The van der Waals surface area contributed by atoms with Gasteiger partial charge in [-0.1, -0.05) is 19.9 Å². The summed E-state index contributed by atoms with van der Waals surface area (Å²) in [5.74, 6) is 0.227. The minimum Gasteiger partial charge on any atom is -0.465 e. The van der Waals surface area contributed by atoms with Crippen molar-refractivity contribution in [1.82, 2.24) is 10.3 Å². The Morgan fingerprint density at radius 1 is 1.53 bits per heavy atom. The SMILES string of the molecule is CCOC(=O)C(NCC(C)C)c1cccnc1. The first-order valence-electron chi connectivity index (χ1n) is 5.95. The number of rotatable bonds is 6. The van der Waals surface area contributed by atoms with E-state index >= 15 is 0 Å². The number of aromatic nitrogens is 1. The summed E-state index contributed by atoms with van der Waals surface area (Å²) >= 11 is 0. The molecule has 0 aromatic carbocycles. The Bertz CT molecular complexity index is 339. The number of nitrogens with zero attached hydrogens (tertiary/aromatic N) is 1. The van der Waals surface area contributed by atoms with Crippen LogP contribution in [0, 0.1) is 5.92 Å². The van der Waals surface area contributed by atoms with Crippen LogP contribution in [-0.2, 0) is 9.53 Å². The van der Waals surface area contributed by atoms with Crippen LogP contribution in [0.4, 0.5) is 0 Å². The van der Waals surface area contributed by atoms with Crippen molar-refractivity contribution in [3.63, 3.8) is 0 Å². The Morgan fingerprint density at radius 2 is 2.29 bits per heavy atom. The largest absolute Gasteiger partial charge is 0.465 e. The number of esters is 1. The predicted molar refractivity (Wildman–Crippen MR) is 66.5 cm³/mol. The van der Waals surface area contributed by atoms with Gasteiger partial charge < -0.3 is 10.1 Å². The molecule has 0 radical (unpaired) electrons. The molecule has 0 saturated heterocycles. The van der Waals surface area contributed by atoms with Crippen molar-refractivity contribution in [3.05, 3.63) is 30.1 Å². The molecule has 0 aliphatic rings. The number of pyridine rings is 1. The van der Waals surface area contributed by atoms with Crippen LogP contribution in [-0.4, -0.2) is 24.1 Å². The van der Waals surface area contributed by atoms with Gasteiger partial charge in [-0.05, 0) is 31.0 Å². The van der Waals surface area contributed by atoms with Crippen LogP contribution in [0.15, 0.2) is 24.5 Å². The highest BCUT2D eigenvalue weighted by Crippen LogP contribution is 2.13. The van der Waals surface area contributed by atoms with E-state index in [9.17, 15) is 4.79 Å². The summed E-state index contributed by atoms with van der Waals surface area (Å²) in [5.41, 5.74) is 0.839. The summed E-state index contributed by atoms with van der Waals surface area (Å²) in [4.78, 5) is 15.9. The van der Waals surface area contributed by atoms with Crippen LogP contribution in [0.3, 0.4) is 0 Å². The minimum absolute atomic E-state index is 0.249. The first kappa shape index (κ1) is 13.6. The Balaban J connectivity index is 2.75. The van der Waals surface area contributed by atoms with E-state index in [1.54, 1.807) is 19.3 Å². The molecule has 0 bridgehead atoms. The maximum Gasteiger partial charge on any atom is 0.327 e. The molecule has 1 aromatic heterocycles. The van der Waals surface area contributed by atoms with Gasteiger partial charge in [0.05, 0.1) is 6.61 Å². The zero-order chi connectivity index (χ0) is 12.7. The lowest BCUT2D eigenvalue weighted by Gasteiger charge is -2.18. The zero-order valence-electron chi connectivity index (χ0n) is 10.6. The van der Waals surface area contributed by atoms with Crippen molar-refractivity contribution in [2.45, 2.75) is 26.8 Å². The zero-order valence-corrected chi connectivity index (χ0v) is 10.6. The molecule has 1 heterocycles. The van der Waals surface area contributed by atoms with Crippen molar-refractivity contribution in [2.75, 3.05) is 13.2 Å². The average molecular weight is 236 g/mol. The third kappa shape index (κ3) is 4.53. The summed E-state index contributed by atoms with van der Waals surface area (Å²) in [6.07, 6.45) is 3.38. The summed E-state index contributed by atoms with van der Waals surface area (Å²) < 4.78 is 5.06. The van der Waals surface area contributed by atoms with Crippen molar-refractivity contribution >= 4 is 5.97 Å². The van der Waals surface area contributed by atoms with Gasteiger partial charge in [-0.3, -0.25) is 4.98 Å². The van der Waals surface area contributed by atoms with Gasteiger partial charge in [0, 0.05) is 12.4 Å². The molecule has 4 nitrogen and oxygen atoms in total. The first-order valence-corrected chi connectivity index (χ1v) is 5.95. The fraction of sp³-hybridized carbons (Fsp3) is 0.538. The second-order valence-corrected chi connectivity index (χ2v) is 4.27. The van der Waals surface area contributed by atoms with Crippen LogP contribution >= 0.6 is 0 Å². The second-order valence-electron chi connectivity index (χ2n) is 4.27. The number of carbonyl (C=O) groups is 1. The lowest BCUT2D eigenvalue weighted by atomic mass is 10.1. The third-order valence-electron chi connectivity index (χ3n) is 2.27. The first-order chi connectivity index (χ1) is 8.15. The average Bonchev–Trinajstić information content (AvgIpc) is 2.30. The topological polar surface area (TPSA) is 51.2 Å². The van der Waals surface area contributed by atoms with Gasteiger partial charge in [0.2, 0.25) is 0 Å². The smallest absolute Gasteiger partial charge is 0.327 e. The molecule has 0 aliphatic carbocycles. The molecule has 0 spiro atoms. The molecule has 1 aromatic rings. The van der Waals surface area contributed by atoms with Crippen molar-refractivity contribution in [2.24, 2.45) is 5.92 Å². The van der Waals surface area contributed by atoms with E-state index in [2.05, 4.69) is 24.1 Å². The number of ether oxygens (including phenoxy) is 1. The third-order valence-corrected chi connectivity index (χ3v) is 2.27. The van der Waals surface area contributed by atoms with Gasteiger partial charge >= 0.3 is 5.97 Å². The lowest BCUT2D eigenvalue weighted by Crippen LogP contribution is -2.32. The number of nitrogens with one attached hydrogen (secondary N) is 1.